The summed E-state index contributed by atoms with van der Waals surface area (Å²) in [6.45, 7) is 5.57. The van der Waals surface area contributed by atoms with Crippen molar-refractivity contribution in [1.29, 1.82) is 0 Å². The standard InChI is InChI=1S/C21H23N3O3S2/c1-14(2)24-29(26,27)18-11-7-8-16(12-18)13-22-20(25)19-15(3)23-21(28-19)17-9-5-4-6-10-17/h4-12,14,24H,13H2,1-3H3,(H,22,25). The molecule has 0 saturated heterocycles. The van der Waals surface area contributed by atoms with Gasteiger partial charge in [-0.3, -0.25) is 4.79 Å². The highest BCUT2D eigenvalue weighted by molar-refractivity contribution is 7.89. The van der Waals surface area contributed by atoms with Gasteiger partial charge >= 0.3 is 0 Å². The summed E-state index contributed by atoms with van der Waals surface area (Å²) in [5.74, 6) is -0.226. The van der Waals surface area contributed by atoms with E-state index in [1.165, 1.54) is 17.4 Å². The van der Waals surface area contributed by atoms with Crippen LogP contribution in [-0.4, -0.2) is 25.4 Å². The largest absolute Gasteiger partial charge is 0.347 e. The Balaban J connectivity index is 1.72. The van der Waals surface area contributed by atoms with Crippen molar-refractivity contribution in [3.63, 3.8) is 0 Å². The third kappa shape index (κ3) is 5.29. The molecule has 0 radical (unpaired) electrons. The molecule has 0 aliphatic heterocycles. The van der Waals surface area contributed by atoms with Crippen LogP contribution in [-0.2, 0) is 16.6 Å². The lowest BCUT2D eigenvalue weighted by Gasteiger charge is -2.11. The number of nitrogens with one attached hydrogen (secondary N) is 2. The van der Waals surface area contributed by atoms with Gasteiger partial charge in [0, 0.05) is 18.2 Å². The van der Waals surface area contributed by atoms with Gasteiger partial charge in [0.2, 0.25) is 10.0 Å². The molecule has 2 N–H and O–H groups in total. The van der Waals surface area contributed by atoms with E-state index in [9.17, 15) is 13.2 Å². The average Bonchev–Trinajstić information content (AvgIpc) is 3.08. The van der Waals surface area contributed by atoms with Crippen LogP contribution in [0.15, 0.2) is 59.5 Å². The first-order chi connectivity index (χ1) is 13.8. The summed E-state index contributed by atoms with van der Waals surface area (Å²) in [5.41, 5.74) is 2.34. The Labute approximate surface area is 175 Å². The van der Waals surface area contributed by atoms with Gasteiger partial charge in [0.1, 0.15) is 9.88 Å². The van der Waals surface area contributed by atoms with Crippen LogP contribution in [0.4, 0.5) is 0 Å². The number of hydrogen-bond donors (Lipinski definition) is 2. The fraction of sp³-hybridized carbons (Fsp3) is 0.238. The molecule has 2 aromatic carbocycles. The third-order valence-electron chi connectivity index (χ3n) is 4.08. The molecule has 152 valence electrons. The van der Waals surface area contributed by atoms with E-state index in [-0.39, 0.29) is 23.4 Å². The first kappa shape index (κ1) is 21.2. The maximum atomic E-state index is 12.6. The lowest BCUT2D eigenvalue weighted by molar-refractivity contribution is 0.0954. The number of carbonyl (C=O) groups is 1. The topological polar surface area (TPSA) is 88.2 Å². The monoisotopic (exact) mass is 429 g/mol. The Hall–Kier alpha value is -2.55. The fourth-order valence-electron chi connectivity index (χ4n) is 2.77. The quantitative estimate of drug-likeness (QED) is 0.599. The van der Waals surface area contributed by atoms with E-state index < -0.39 is 10.0 Å². The minimum absolute atomic E-state index is 0.179. The van der Waals surface area contributed by atoms with Crippen molar-refractivity contribution in [3.8, 4) is 10.6 Å². The Morgan fingerprint density at radius 2 is 1.83 bits per heavy atom. The molecule has 0 saturated carbocycles. The van der Waals surface area contributed by atoms with Crippen LogP contribution in [0.5, 0.6) is 0 Å². The molecule has 8 heteroatoms. The number of aromatic nitrogens is 1. The van der Waals surface area contributed by atoms with Gasteiger partial charge in [-0.2, -0.15) is 0 Å². The number of benzene rings is 2. The number of carbonyl (C=O) groups excluding carboxylic acids is 1. The summed E-state index contributed by atoms with van der Waals surface area (Å²) in [7, 11) is -3.58. The van der Waals surface area contributed by atoms with E-state index in [0.717, 1.165) is 10.6 Å². The van der Waals surface area contributed by atoms with E-state index >= 15 is 0 Å². The van der Waals surface area contributed by atoms with Gasteiger partial charge in [-0.1, -0.05) is 42.5 Å². The summed E-state index contributed by atoms with van der Waals surface area (Å²) < 4.78 is 27.2. The predicted octanol–water partition coefficient (Wildman–Crippen LogP) is 3.74. The first-order valence-electron chi connectivity index (χ1n) is 9.18. The van der Waals surface area contributed by atoms with Crippen molar-refractivity contribution in [1.82, 2.24) is 15.0 Å². The molecule has 3 rings (SSSR count). The Bertz CT molecular complexity index is 1110. The second kappa shape index (κ2) is 8.86. The van der Waals surface area contributed by atoms with Gasteiger partial charge in [0.05, 0.1) is 10.6 Å². The van der Waals surface area contributed by atoms with E-state index in [1.807, 2.05) is 37.3 Å². The maximum Gasteiger partial charge on any atom is 0.263 e. The van der Waals surface area contributed by atoms with Crippen molar-refractivity contribution in [3.05, 3.63) is 70.7 Å². The van der Waals surface area contributed by atoms with Crippen LogP contribution in [0.1, 0.15) is 34.8 Å². The van der Waals surface area contributed by atoms with Crippen LogP contribution in [0, 0.1) is 6.92 Å². The summed E-state index contributed by atoms with van der Waals surface area (Å²) in [5, 5.41) is 3.65. The van der Waals surface area contributed by atoms with Crippen molar-refractivity contribution in [2.75, 3.05) is 0 Å². The number of sulfonamides is 1. The predicted molar refractivity (Wildman–Crippen MR) is 115 cm³/mol. The summed E-state index contributed by atoms with van der Waals surface area (Å²) >= 11 is 1.34. The van der Waals surface area contributed by atoms with E-state index in [1.54, 1.807) is 32.0 Å². The number of thiazole rings is 1. The number of amides is 1. The highest BCUT2D eigenvalue weighted by atomic mass is 32.2. The third-order valence-corrected chi connectivity index (χ3v) is 6.94. The molecule has 0 atom stereocenters. The lowest BCUT2D eigenvalue weighted by Crippen LogP contribution is -2.30. The van der Waals surface area contributed by atoms with Gasteiger partial charge in [-0.05, 0) is 38.5 Å². The molecule has 0 fully saturated rings. The number of rotatable bonds is 7. The highest BCUT2D eigenvalue weighted by Crippen LogP contribution is 2.27. The van der Waals surface area contributed by atoms with E-state index in [0.29, 0.717) is 16.1 Å². The van der Waals surface area contributed by atoms with E-state index in [4.69, 9.17) is 0 Å². The van der Waals surface area contributed by atoms with Crippen LogP contribution in [0.3, 0.4) is 0 Å². The molecule has 1 heterocycles. The zero-order valence-electron chi connectivity index (χ0n) is 16.5. The Morgan fingerprint density at radius 1 is 1.10 bits per heavy atom. The Morgan fingerprint density at radius 3 is 2.52 bits per heavy atom. The molecule has 6 nitrogen and oxygen atoms in total. The van der Waals surface area contributed by atoms with Gasteiger partial charge < -0.3 is 5.32 Å². The zero-order chi connectivity index (χ0) is 21.0. The first-order valence-corrected chi connectivity index (χ1v) is 11.5. The van der Waals surface area contributed by atoms with Gasteiger partial charge in [-0.15, -0.1) is 11.3 Å². The van der Waals surface area contributed by atoms with Gasteiger partial charge in [0.25, 0.3) is 5.91 Å². The molecular formula is C21H23N3O3S2. The molecule has 1 amide bonds. The Kier molecular flexibility index (Phi) is 6.46. The van der Waals surface area contributed by atoms with Gasteiger partial charge in [-0.25, -0.2) is 18.1 Å². The summed E-state index contributed by atoms with van der Waals surface area (Å²) in [4.78, 5) is 17.9. The second-order valence-corrected chi connectivity index (χ2v) is 9.62. The number of aryl methyl sites for hydroxylation is 1. The minimum atomic E-state index is -3.58. The molecule has 0 bridgehead atoms. The molecule has 3 aromatic rings. The van der Waals surface area contributed by atoms with Crippen molar-refractivity contribution >= 4 is 27.3 Å². The van der Waals surface area contributed by atoms with Crippen molar-refractivity contribution < 1.29 is 13.2 Å². The highest BCUT2D eigenvalue weighted by Gasteiger charge is 2.18. The van der Waals surface area contributed by atoms with E-state index in [2.05, 4.69) is 15.0 Å². The molecular weight excluding hydrogens is 406 g/mol. The molecule has 0 spiro atoms. The van der Waals surface area contributed by atoms with Crippen LogP contribution < -0.4 is 10.0 Å². The smallest absolute Gasteiger partial charge is 0.263 e. The molecule has 1 aromatic heterocycles. The van der Waals surface area contributed by atoms with Crippen LogP contribution in [0.2, 0.25) is 0 Å². The fourth-order valence-corrected chi connectivity index (χ4v) is 5.08. The normalized spacial score (nSPS) is 11.6. The molecule has 0 aliphatic rings. The molecule has 0 aliphatic carbocycles. The molecule has 29 heavy (non-hydrogen) atoms. The maximum absolute atomic E-state index is 12.6. The zero-order valence-corrected chi connectivity index (χ0v) is 18.1. The number of nitrogens with zero attached hydrogens (tertiary/aromatic N) is 1. The minimum Gasteiger partial charge on any atom is -0.347 e. The average molecular weight is 430 g/mol. The summed E-state index contributed by atoms with van der Waals surface area (Å²) in [6, 6.07) is 16.1. The van der Waals surface area contributed by atoms with Crippen LogP contribution >= 0.6 is 11.3 Å². The SMILES string of the molecule is Cc1nc(-c2ccccc2)sc1C(=O)NCc1cccc(S(=O)(=O)NC(C)C)c1. The lowest BCUT2D eigenvalue weighted by atomic mass is 10.2. The van der Waals surface area contributed by atoms with Crippen LogP contribution in [0.25, 0.3) is 10.6 Å². The van der Waals surface area contributed by atoms with Gasteiger partial charge in [0.15, 0.2) is 0 Å². The molecule has 0 unspecified atom stereocenters. The summed E-state index contributed by atoms with van der Waals surface area (Å²) in [6.07, 6.45) is 0. The number of hydrogen-bond acceptors (Lipinski definition) is 5. The van der Waals surface area contributed by atoms with Crippen molar-refractivity contribution in [2.24, 2.45) is 0 Å². The van der Waals surface area contributed by atoms with Crippen molar-refractivity contribution in [2.45, 2.75) is 38.3 Å². The second-order valence-electron chi connectivity index (χ2n) is 6.91.